The van der Waals surface area contributed by atoms with Crippen molar-refractivity contribution < 1.29 is 9.47 Å². The van der Waals surface area contributed by atoms with E-state index in [-0.39, 0.29) is 24.0 Å². The van der Waals surface area contributed by atoms with Gasteiger partial charge in [-0.1, -0.05) is 24.9 Å². The molecule has 7 heteroatoms. The third-order valence-electron chi connectivity index (χ3n) is 3.08. The highest BCUT2D eigenvalue weighted by molar-refractivity contribution is 14.0. The Morgan fingerprint density at radius 2 is 2.00 bits per heavy atom. The summed E-state index contributed by atoms with van der Waals surface area (Å²) >= 11 is 6.27. The molecule has 132 valence electrons. The minimum absolute atomic E-state index is 0. The van der Waals surface area contributed by atoms with Crippen LogP contribution < -0.4 is 20.1 Å². The number of guanidine groups is 1. The number of hydrogen-bond acceptors (Lipinski definition) is 3. The van der Waals surface area contributed by atoms with E-state index < -0.39 is 0 Å². The predicted molar refractivity (Wildman–Crippen MR) is 108 cm³/mol. The molecule has 1 aromatic rings. The Labute approximate surface area is 161 Å². The summed E-state index contributed by atoms with van der Waals surface area (Å²) in [6.07, 6.45) is 2.26. The summed E-state index contributed by atoms with van der Waals surface area (Å²) in [6.45, 7) is 6.13. The molecule has 0 unspecified atom stereocenters. The van der Waals surface area contributed by atoms with Crippen LogP contribution >= 0.6 is 35.6 Å². The number of methoxy groups -OCH3 is 1. The highest BCUT2D eigenvalue weighted by Crippen LogP contribution is 2.36. The maximum absolute atomic E-state index is 6.27. The highest BCUT2D eigenvalue weighted by atomic mass is 127. The molecule has 0 atom stereocenters. The SMILES string of the molecule is CCCCNC(=NC)NCc1cc(Cl)c(OCC)c(OC)c1.I. The Balaban J connectivity index is 0.00000484. The van der Waals surface area contributed by atoms with Crippen LogP contribution in [0.15, 0.2) is 17.1 Å². The molecule has 0 fully saturated rings. The quantitative estimate of drug-likeness (QED) is 0.271. The third-order valence-corrected chi connectivity index (χ3v) is 3.36. The second kappa shape index (κ2) is 12.5. The van der Waals surface area contributed by atoms with Gasteiger partial charge in [0.15, 0.2) is 17.5 Å². The molecule has 1 rings (SSSR count). The van der Waals surface area contributed by atoms with Crippen LogP contribution in [0.25, 0.3) is 0 Å². The molecule has 0 aromatic heterocycles. The van der Waals surface area contributed by atoms with Crippen molar-refractivity contribution in [3.8, 4) is 11.5 Å². The largest absolute Gasteiger partial charge is 0.493 e. The molecule has 2 N–H and O–H groups in total. The van der Waals surface area contributed by atoms with E-state index in [0.717, 1.165) is 30.9 Å². The molecule has 23 heavy (non-hydrogen) atoms. The fourth-order valence-corrected chi connectivity index (χ4v) is 2.24. The van der Waals surface area contributed by atoms with Crippen molar-refractivity contribution >= 4 is 41.5 Å². The Kier molecular flexibility index (Phi) is 12.0. The second-order valence-corrected chi connectivity index (χ2v) is 5.16. The first-order chi connectivity index (χ1) is 10.7. The lowest BCUT2D eigenvalue weighted by molar-refractivity contribution is 0.311. The van der Waals surface area contributed by atoms with Crippen molar-refractivity contribution in [2.24, 2.45) is 4.99 Å². The maximum Gasteiger partial charge on any atom is 0.191 e. The minimum Gasteiger partial charge on any atom is -0.493 e. The monoisotopic (exact) mass is 455 g/mol. The van der Waals surface area contributed by atoms with E-state index in [1.165, 1.54) is 0 Å². The van der Waals surface area contributed by atoms with Gasteiger partial charge in [0.2, 0.25) is 0 Å². The van der Waals surface area contributed by atoms with Gasteiger partial charge in [0.25, 0.3) is 0 Å². The van der Waals surface area contributed by atoms with Crippen LogP contribution in [0.3, 0.4) is 0 Å². The average Bonchev–Trinajstić information content (AvgIpc) is 2.52. The Hall–Kier alpha value is -0.890. The van der Waals surface area contributed by atoms with Crippen LogP contribution in [0, 0.1) is 0 Å². The summed E-state index contributed by atoms with van der Waals surface area (Å²) in [5.74, 6) is 2.00. The summed E-state index contributed by atoms with van der Waals surface area (Å²) in [5.41, 5.74) is 1.00. The Bertz CT molecular complexity index is 498. The Morgan fingerprint density at radius 1 is 1.26 bits per heavy atom. The number of halogens is 2. The predicted octanol–water partition coefficient (Wildman–Crippen LogP) is 3.83. The smallest absolute Gasteiger partial charge is 0.191 e. The van der Waals surface area contributed by atoms with E-state index in [2.05, 4.69) is 22.5 Å². The molecule has 0 aliphatic heterocycles. The fourth-order valence-electron chi connectivity index (χ4n) is 1.95. The molecule has 0 aliphatic rings. The Morgan fingerprint density at radius 3 is 2.57 bits per heavy atom. The van der Waals surface area contributed by atoms with Gasteiger partial charge in [-0.25, -0.2) is 0 Å². The van der Waals surface area contributed by atoms with Crippen molar-refractivity contribution in [2.75, 3.05) is 27.3 Å². The standard InChI is InChI=1S/C16H26ClN3O2.HI/c1-5-7-8-19-16(18-3)20-11-12-9-13(17)15(22-6-2)14(10-12)21-4;/h9-10H,5-8,11H2,1-4H3,(H2,18,19,20);1H. The zero-order valence-electron chi connectivity index (χ0n) is 14.2. The zero-order valence-corrected chi connectivity index (χ0v) is 17.3. The minimum atomic E-state index is 0. The summed E-state index contributed by atoms with van der Waals surface area (Å²) in [6, 6.07) is 3.80. The second-order valence-electron chi connectivity index (χ2n) is 4.75. The van der Waals surface area contributed by atoms with Crippen LogP contribution in [0.4, 0.5) is 0 Å². The van der Waals surface area contributed by atoms with Crippen LogP contribution in [0.2, 0.25) is 5.02 Å². The number of aliphatic imine (C=N–C) groups is 1. The number of unbranched alkanes of at least 4 members (excludes halogenated alkanes) is 1. The third kappa shape index (κ3) is 7.48. The molecule has 0 heterocycles. The summed E-state index contributed by atoms with van der Waals surface area (Å²) < 4.78 is 10.9. The first kappa shape index (κ1) is 22.1. The zero-order chi connectivity index (χ0) is 16.4. The molecular weight excluding hydrogens is 429 g/mol. The normalized spacial score (nSPS) is 10.7. The molecule has 0 radical (unpaired) electrons. The number of hydrogen-bond donors (Lipinski definition) is 2. The number of benzene rings is 1. The van der Waals surface area contributed by atoms with Crippen molar-refractivity contribution in [1.29, 1.82) is 0 Å². The molecule has 0 amide bonds. The van der Waals surface area contributed by atoms with Gasteiger partial charge in [0.05, 0.1) is 18.7 Å². The van der Waals surface area contributed by atoms with E-state index >= 15 is 0 Å². The lowest BCUT2D eigenvalue weighted by Crippen LogP contribution is -2.37. The molecule has 0 saturated carbocycles. The van der Waals surface area contributed by atoms with Crippen LogP contribution in [0.5, 0.6) is 11.5 Å². The highest BCUT2D eigenvalue weighted by Gasteiger charge is 2.11. The van der Waals surface area contributed by atoms with Crippen molar-refractivity contribution in [1.82, 2.24) is 10.6 Å². The molecule has 0 spiro atoms. The number of ether oxygens (including phenoxy) is 2. The van der Waals surface area contributed by atoms with Gasteiger partial charge in [0, 0.05) is 20.1 Å². The number of rotatable bonds is 8. The summed E-state index contributed by atoms with van der Waals surface area (Å²) in [4.78, 5) is 4.19. The van der Waals surface area contributed by atoms with Gasteiger partial charge in [-0.2, -0.15) is 0 Å². The molecule has 0 bridgehead atoms. The van der Waals surface area contributed by atoms with E-state index in [9.17, 15) is 0 Å². The lowest BCUT2D eigenvalue weighted by Gasteiger charge is -2.15. The van der Waals surface area contributed by atoms with E-state index in [1.807, 2.05) is 19.1 Å². The number of nitrogens with one attached hydrogen (secondary N) is 2. The lowest BCUT2D eigenvalue weighted by atomic mass is 10.2. The van der Waals surface area contributed by atoms with Gasteiger partial charge in [-0.05, 0) is 31.0 Å². The summed E-state index contributed by atoms with van der Waals surface area (Å²) in [5, 5.41) is 7.07. The van der Waals surface area contributed by atoms with E-state index in [0.29, 0.717) is 29.7 Å². The first-order valence-electron chi connectivity index (χ1n) is 7.59. The van der Waals surface area contributed by atoms with E-state index in [1.54, 1.807) is 14.2 Å². The molecule has 0 aliphatic carbocycles. The van der Waals surface area contributed by atoms with E-state index in [4.69, 9.17) is 21.1 Å². The average molecular weight is 456 g/mol. The van der Waals surface area contributed by atoms with Gasteiger partial charge in [-0.15, -0.1) is 24.0 Å². The molecule has 0 saturated heterocycles. The van der Waals surface area contributed by atoms with Crippen LogP contribution in [-0.4, -0.2) is 33.3 Å². The summed E-state index contributed by atoms with van der Waals surface area (Å²) in [7, 11) is 3.36. The maximum atomic E-state index is 6.27. The van der Waals surface area contributed by atoms with Gasteiger partial charge in [0.1, 0.15) is 0 Å². The van der Waals surface area contributed by atoms with Crippen LogP contribution in [0.1, 0.15) is 32.3 Å². The van der Waals surface area contributed by atoms with Gasteiger partial charge >= 0.3 is 0 Å². The number of nitrogens with zero attached hydrogens (tertiary/aromatic N) is 1. The van der Waals surface area contributed by atoms with Gasteiger partial charge in [-0.3, -0.25) is 4.99 Å². The van der Waals surface area contributed by atoms with Crippen molar-refractivity contribution in [3.63, 3.8) is 0 Å². The molecular formula is C16H27ClIN3O2. The first-order valence-corrected chi connectivity index (χ1v) is 7.97. The van der Waals surface area contributed by atoms with Gasteiger partial charge < -0.3 is 20.1 Å². The fraction of sp³-hybridized carbons (Fsp3) is 0.562. The topological polar surface area (TPSA) is 54.9 Å². The van der Waals surface area contributed by atoms with Crippen molar-refractivity contribution in [3.05, 3.63) is 22.7 Å². The van der Waals surface area contributed by atoms with Crippen molar-refractivity contribution in [2.45, 2.75) is 33.2 Å². The van der Waals surface area contributed by atoms with Crippen LogP contribution in [-0.2, 0) is 6.54 Å². The molecule has 5 nitrogen and oxygen atoms in total. The molecule has 1 aromatic carbocycles.